The van der Waals surface area contributed by atoms with Crippen molar-refractivity contribution in [2.45, 2.75) is 25.2 Å². The van der Waals surface area contributed by atoms with Crippen LogP contribution in [-0.4, -0.2) is 26.4 Å². The topological polar surface area (TPSA) is 88.2 Å². The molecule has 1 heterocycles. The van der Waals surface area contributed by atoms with Crippen LogP contribution in [0.2, 0.25) is 5.02 Å². The Morgan fingerprint density at radius 3 is 2.62 bits per heavy atom. The molecule has 1 aromatic heterocycles. The van der Waals surface area contributed by atoms with Gasteiger partial charge in [0, 0.05) is 28.1 Å². The van der Waals surface area contributed by atoms with Crippen molar-refractivity contribution in [2.75, 3.05) is 12.4 Å². The number of anilines is 1. The van der Waals surface area contributed by atoms with Crippen molar-refractivity contribution in [3.8, 4) is 0 Å². The first-order valence-corrected chi connectivity index (χ1v) is 11.4. The van der Waals surface area contributed by atoms with Crippen molar-refractivity contribution in [2.24, 2.45) is 0 Å². The molecular formula is C20H20ClN3O3S2. The van der Waals surface area contributed by atoms with Gasteiger partial charge >= 0.3 is 0 Å². The average Bonchev–Trinajstić information content (AvgIpc) is 3.12. The lowest BCUT2D eigenvalue weighted by molar-refractivity contribution is 0.102. The molecule has 6 nitrogen and oxygen atoms in total. The first kappa shape index (κ1) is 21.4. The van der Waals surface area contributed by atoms with Gasteiger partial charge in [-0.2, -0.15) is 0 Å². The monoisotopic (exact) mass is 449 g/mol. The van der Waals surface area contributed by atoms with Crippen molar-refractivity contribution < 1.29 is 13.2 Å². The SMILES string of the molecule is CNS(=O)(=O)c1cc(C(=O)Nc2ncc(Cc3ccccc3Cl)s2)cc(C)c1C. The summed E-state index contributed by atoms with van der Waals surface area (Å²) in [5, 5.41) is 3.86. The molecule has 3 aromatic rings. The minimum absolute atomic E-state index is 0.0868. The standard InChI is InChI=1S/C20H20ClN3O3S2/c1-12-8-15(10-18(13(12)2)29(26,27)22-3)19(25)24-20-23-11-16(28-20)9-14-6-4-5-7-17(14)21/h4-8,10-11,22H,9H2,1-3H3,(H,23,24,25). The number of nitrogens with one attached hydrogen (secondary N) is 2. The van der Waals surface area contributed by atoms with E-state index in [2.05, 4.69) is 15.0 Å². The number of hydrogen-bond acceptors (Lipinski definition) is 5. The number of aromatic nitrogens is 1. The molecule has 0 fully saturated rings. The van der Waals surface area contributed by atoms with Crippen LogP contribution in [0.15, 0.2) is 47.5 Å². The molecule has 0 bridgehead atoms. The summed E-state index contributed by atoms with van der Waals surface area (Å²) < 4.78 is 26.8. The Balaban J connectivity index is 1.81. The molecule has 29 heavy (non-hydrogen) atoms. The molecule has 9 heteroatoms. The fourth-order valence-corrected chi connectivity index (χ4v) is 4.89. The third-order valence-corrected chi connectivity index (χ3v) is 7.36. The van der Waals surface area contributed by atoms with Crippen LogP contribution in [0.4, 0.5) is 5.13 Å². The Morgan fingerprint density at radius 1 is 1.21 bits per heavy atom. The number of carbonyl (C=O) groups is 1. The van der Waals surface area contributed by atoms with Gasteiger partial charge in [0.05, 0.1) is 4.90 Å². The lowest BCUT2D eigenvalue weighted by Gasteiger charge is -2.12. The summed E-state index contributed by atoms with van der Waals surface area (Å²) in [7, 11) is -2.33. The van der Waals surface area contributed by atoms with E-state index in [4.69, 9.17) is 11.6 Å². The highest BCUT2D eigenvalue weighted by atomic mass is 35.5. The summed E-state index contributed by atoms with van der Waals surface area (Å²) in [6, 6.07) is 10.6. The van der Waals surface area contributed by atoms with Gasteiger partial charge in [-0.15, -0.1) is 11.3 Å². The maximum absolute atomic E-state index is 12.7. The van der Waals surface area contributed by atoms with Crippen molar-refractivity contribution in [1.82, 2.24) is 9.71 Å². The zero-order valence-electron chi connectivity index (χ0n) is 16.1. The molecule has 0 radical (unpaired) electrons. The van der Waals surface area contributed by atoms with E-state index in [1.54, 1.807) is 26.1 Å². The van der Waals surface area contributed by atoms with E-state index in [-0.39, 0.29) is 10.5 Å². The predicted octanol–water partition coefficient (Wildman–Crippen LogP) is 4.16. The number of thiazole rings is 1. The van der Waals surface area contributed by atoms with Crippen LogP contribution in [0.1, 0.15) is 31.9 Å². The summed E-state index contributed by atoms with van der Waals surface area (Å²) in [4.78, 5) is 18.0. The molecule has 2 N–H and O–H groups in total. The Hall–Kier alpha value is -2.26. The number of carbonyl (C=O) groups excluding carboxylic acids is 1. The molecule has 0 saturated heterocycles. The molecule has 2 aromatic carbocycles. The minimum atomic E-state index is -3.67. The van der Waals surface area contributed by atoms with Gasteiger partial charge in [-0.25, -0.2) is 18.1 Å². The third-order valence-electron chi connectivity index (χ3n) is 4.54. The van der Waals surface area contributed by atoms with Crippen molar-refractivity contribution in [1.29, 1.82) is 0 Å². The van der Waals surface area contributed by atoms with Gasteiger partial charge in [0.1, 0.15) is 0 Å². The van der Waals surface area contributed by atoms with Crippen LogP contribution < -0.4 is 10.0 Å². The number of amides is 1. The smallest absolute Gasteiger partial charge is 0.257 e. The summed E-state index contributed by atoms with van der Waals surface area (Å²) >= 11 is 7.55. The normalized spacial score (nSPS) is 11.4. The summed E-state index contributed by atoms with van der Waals surface area (Å²) in [6.45, 7) is 3.48. The fraction of sp³-hybridized carbons (Fsp3) is 0.200. The zero-order chi connectivity index (χ0) is 21.2. The molecule has 3 rings (SSSR count). The lowest BCUT2D eigenvalue weighted by atomic mass is 10.1. The molecule has 0 aliphatic carbocycles. The highest BCUT2D eigenvalue weighted by Crippen LogP contribution is 2.26. The van der Waals surface area contributed by atoms with Gasteiger partial charge in [-0.05, 0) is 55.8 Å². The number of benzene rings is 2. The fourth-order valence-electron chi connectivity index (χ4n) is 2.79. The van der Waals surface area contributed by atoms with E-state index < -0.39 is 15.9 Å². The van der Waals surface area contributed by atoms with Gasteiger partial charge in [0.2, 0.25) is 10.0 Å². The van der Waals surface area contributed by atoms with E-state index in [9.17, 15) is 13.2 Å². The highest BCUT2D eigenvalue weighted by Gasteiger charge is 2.20. The van der Waals surface area contributed by atoms with E-state index in [1.807, 2.05) is 24.3 Å². The Labute approximate surface area is 179 Å². The van der Waals surface area contributed by atoms with E-state index >= 15 is 0 Å². The highest BCUT2D eigenvalue weighted by molar-refractivity contribution is 7.89. The molecular weight excluding hydrogens is 430 g/mol. The van der Waals surface area contributed by atoms with E-state index in [0.29, 0.717) is 27.7 Å². The van der Waals surface area contributed by atoms with Crippen molar-refractivity contribution in [3.05, 3.63) is 74.7 Å². The Bertz CT molecular complexity index is 1170. The van der Waals surface area contributed by atoms with Crippen molar-refractivity contribution >= 4 is 44.0 Å². The zero-order valence-corrected chi connectivity index (χ0v) is 18.5. The van der Waals surface area contributed by atoms with Crippen LogP contribution in [0.5, 0.6) is 0 Å². The number of nitrogens with zero attached hydrogens (tertiary/aromatic N) is 1. The first-order chi connectivity index (χ1) is 13.7. The maximum Gasteiger partial charge on any atom is 0.257 e. The van der Waals surface area contributed by atoms with Crippen LogP contribution in [0.3, 0.4) is 0 Å². The molecule has 152 valence electrons. The number of rotatable bonds is 6. The average molecular weight is 450 g/mol. The van der Waals surface area contributed by atoms with E-state index in [0.717, 1.165) is 10.4 Å². The molecule has 0 atom stereocenters. The molecule has 0 aliphatic rings. The van der Waals surface area contributed by atoms with Crippen molar-refractivity contribution in [3.63, 3.8) is 0 Å². The first-order valence-electron chi connectivity index (χ1n) is 8.75. The van der Waals surface area contributed by atoms with Crippen LogP contribution in [0, 0.1) is 13.8 Å². The second kappa shape index (κ2) is 8.62. The number of hydrogen-bond donors (Lipinski definition) is 2. The minimum Gasteiger partial charge on any atom is -0.298 e. The maximum atomic E-state index is 12.7. The molecule has 0 unspecified atom stereocenters. The summed E-state index contributed by atoms with van der Waals surface area (Å²) in [5.41, 5.74) is 2.55. The lowest BCUT2D eigenvalue weighted by Crippen LogP contribution is -2.21. The van der Waals surface area contributed by atoms with Gasteiger partial charge in [-0.3, -0.25) is 10.1 Å². The molecule has 0 aliphatic heterocycles. The van der Waals surface area contributed by atoms with Crippen LogP contribution >= 0.6 is 22.9 Å². The summed E-state index contributed by atoms with van der Waals surface area (Å²) in [6.07, 6.45) is 2.31. The number of sulfonamides is 1. The van der Waals surface area contributed by atoms with Crippen LogP contribution in [-0.2, 0) is 16.4 Å². The number of halogens is 1. The second-order valence-electron chi connectivity index (χ2n) is 6.48. The third kappa shape index (κ3) is 4.84. The molecule has 0 spiro atoms. The van der Waals surface area contributed by atoms with E-state index in [1.165, 1.54) is 24.5 Å². The van der Waals surface area contributed by atoms with Gasteiger partial charge in [0.15, 0.2) is 5.13 Å². The largest absolute Gasteiger partial charge is 0.298 e. The molecule has 1 amide bonds. The summed E-state index contributed by atoms with van der Waals surface area (Å²) in [5.74, 6) is -0.417. The van der Waals surface area contributed by atoms with Gasteiger partial charge in [0.25, 0.3) is 5.91 Å². The molecule has 0 saturated carbocycles. The van der Waals surface area contributed by atoms with Gasteiger partial charge < -0.3 is 0 Å². The Morgan fingerprint density at radius 2 is 1.93 bits per heavy atom. The quantitative estimate of drug-likeness (QED) is 0.591. The van der Waals surface area contributed by atoms with Gasteiger partial charge in [-0.1, -0.05) is 29.8 Å². The predicted molar refractivity (Wildman–Crippen MR) is 116 cm³/mol. The second-order valence-corrected chi connectivity index (χ2v) is 9.86. The number of aryl methyl sites for hydroxylation is 1. The Kier molecular flexibility index (Phi) is 6.38. The van der Waals surface area contributed by atoms with Crippen LogP contribution in [0.25, 0.3) is 0 Å².